The van der Waals surface area contributed by atoms with Crippen LogP contribution < -0.4 is 14.8 Å². The highest BCUT2D eigenvalue weighted by Gasteiger charge is 2.07. The first kappa shape index (κ1) is 16.3. The minimum absolute atomic E-state index is 0.0905. The van der Waals surface area contributed by atoms with Crippen molar-refractivity contribution in [1.82, 2.24) is 10.2 Å². The number of nitrogens with one attached hydrogen (secondary N) is 1. The molecule has 2 N–H and O–H groups in total. The molecule has 126 valence electrons. The van der Waals surface area contributed by atoms with Gasteiger partial charge in [-0.15, -0.1) is 10.2 Å². The van der Waals surface area contributed by atoms with Gasteiger partial charge >= 0.3 is 6.09 Å². The van der Waals surface area contributed by atoms with Crippen LogP contribution in [0, 0.1) is 0 Å². The van der Waals surface area contributed by atoms with E-state index in [0.717, 1.165) is 11.3 Å². The van der Waals surface area contributed by atoms with Gasteiger partial charge in [0.25, 0.3) is 0 Å². The number of ether oxygens (including phenoxy) is 2. The van der Waals surface area contributed by atoms with Gasteiger partial charge in [0.1, 0.15) is 17.2 Å². The van der Waals surface area contributed by atoms with Gasteiger partial charge in [0, 0.05) is 5.56 Å². The van der Waals surface area contributed by atoms with Crippen molar-refractivity contribution < 1.29 is 19.4 Å². The quantitative estimate of drug-likeness (QED) is 0.757. The van der Waals surface area contributed by atoms with Gasteiger partial charge in [-0.25, -0.2) is 4.79 Å². The average molecular weight is 337 g/mol. The number of aromatic nitrogens is 2. The first-order chi connectivity index (χ1) is 12.1. The fourth-order valence-corrected chi connectivity index (χ4v) is 2.07. The zero-order valence-corrected chi connectivity index (χ0v) is 13.3. The van der Waals surface area contributed by atoms with Crippen molar-refractivity contribution in [2.45, 2.75) is 0 Å². The number of hydrogen-bond donors (Lipinski definition) is 2. The largest absolute Gasteiger partial charge is 0.508 e. The summed E-state index contributed by atoms with van der Waals surface area (Å²) in [5, 5.41) is 19.7. The van der Waals surface area contributed by atoms with Crippen molar-refractivity contribution >= 4 is 11.9 Å². The van der Waals surface area contributed by atoms with Crippen LogP contribution in [0.4, 0.5) is 10.6 Å². The Morgan fingerprint density at radius 1 is 0.920 bits per heavy atom. The Hall–Kier alpha value is -3.61. The Morgan fingerprint density at radius 3 is 2.20 bits per heavy atom. The second kappa shape index (κ2) is 7.31. The minimum Gasteiger partial charge on any atom is -0.508 e. The number of carbonyl (C=O) groups is 1. The summed E-state index contributed by atoms with van der Waals surface area (Å²) in [6.45, 7) is 0. The molecule has 0 aliphatic heterocycles. The molecule has 0 saturated heterocycles. The fraction of sp³-hybridized carbons (Fsp3) is 0.0556. The minimum atomic E-state index is -0.697. The highest BCUT2D eigenvalue weighted by molar-refractivity contribution is 5.85. The molecule has 3 aromatic rings. The Bertz CT molecular complexity index is 847. The molecule has 0 aliphatic carbocycles. The maximum Gasteiger partial charge on any atom is 0.418 e. The molecule has 1 amide bonds. The number of phenolic OH excluding ortho intramolecular Hbond substituents is 1. The van der Waals surface area contributed by atoms with Crippen LogP contribution in [0.25, 0.3) is 11.3 Å². The van der Waals surface area contributed by atoms with E-state index in [1.807, 2.05) is 24.3 Å². The molecule has 1 aromatic heterocycles. The highest BCUT2D eigenvalue weighted by atomic mass is 16.6. The average Bonchev–Trinajstić information content (AvgIpc) is 2.64. The second-order valence-electron chi connectivity index (χ2n) is 5.04. The first-order valence-corrected chi connectivity index (χ1v) is 7.40. The van der Waals surface area contributed by atoms with Crippen molar-refractivity contribution in [3.8, 4) is 28.5 Å². The highest BCUT2D eigenvalue weighted by Crippen LogP contribution is 2.21. The van der Waals surface area contributed by atoms with E-state index in [4.69, 9.17) is 9.47 Å². The summed E-state index contributed by atoms with van der Waals surface area (Å²) in [6, 6.07) is 16.6. The van der Waals surface area contributed by atoms with E-state index in [0.29, 0.717) is 11.4 Å². The van der Waals surface area contributed by atoms with Gasteiger partial charge in [0.15, 0.2) is 5.82 Å². The lowest BCUT2D eigenvalue weighted by Crippen LogP contribution is -2.17. The van der Waals surface area contributed by atoms with E-state index < -0.39 is 6.09 Å². The lowest BCUT2D eigenvalue weighted by atomic mass is 10.1. The maximum atomic E-state index is 11.8. The van der Waals surface area contributed by atoms with Gasteiger partial charge in [-0.3, -0.25) is 5.32 Å². The van der Waals surface area contributed by atoms with Crippen LogP contribution in [0.3, 0.4) is 0 Å². The summed E-state index contributed by atoms with van der Waals surface area (Å²) in [5.41, 5.74) is 1.55. The molecule has 3 rings (SSSR count). The Labute approximate surface area is 143 Å². The Morgan fingerprint density at radius 2 is 1.60 bits per heavy atom. The summed E-state index contributed by atoms with van der Waals surface area (Å²) in [7, 11) is 1.60. The van der Waals surface area contributed by atoms with E-state index in [1.54, 1.807) is 19.2 Å². The summed E-state index contributed by atoms with van der Waals surface area (Å²) < 4.78 is 10.2. The molecule has 25 heavy (non-hydrogen) atoms. The third-order valence-electron chi connectivity index (χ3n) is 3.33. The molecule has 0 fully saturated rings. The van der Waals surface area contributed by atoms with Crippen LogP contribution in [0.5, 0.6) is 17.2 Å². The van der Waals surface area contributed by atoms with Gasteiger partial charge in [0.2, 0.25) is 0 Å². The number of amides is 1. The van der Waals surface area contributed by atoms with E-state index in [-0.39, 0.29) is 11.6 Å². The molecule has 0 atom stereocenters. The number of rotatable bonds is 4. The van der Waals surface area contributed by atoms with E-state index in [2.05, 4.69) is 15.5 Å². The summed E-state index contributed by atoms with van der Waals surface area (Å²) in [5.74, 6) is 1.42. The van der Waals surface area contributed by atoms with E-state index >= 15 is 0 Å². The third-order valence-corrected chi connectivity index (χ3v) is 3.33. The third kappa shape index (κ3) is 4.23. The molecule has 2 aromatic carbocycles. The van der Waals surface area contributed by atoms with Gasteiger partial charge in [-0.2, -0.15) is 0 Å². The van der Waals surface area contributed by atoms with Crippen molar-refractivity contribution in [2.75, 3.05) is 12.4 Å². The number of methoxy groups -OCH3 is 1. The molecule has 0 unspecified atom stereocenters. The zero-order chi connectivity index (χ0) is 17.6. The van der Waals surface area contributed by atoms with Crippen LogP contribution >= 0.6 is 0 Å². The second-order valence-corrected chi connectivity index (χ2v) is 5.04. The number of benzene rings is 2. The van der Waals surface area contributed by atoms with Crippen LogP contribution in [0.1, 0.15) is 0 Å². The SMILES string of the molecule is COc1ccc(-c2ccc(NC(=O)Oc3ccc(O)cc3)nn2)cc1. The van der Waals surface area contributed by atoms with Crippen LogP contribution in [0.2, 0.25) is 0 Å². The number of carbonyl (C=O) groups excluding carboxylic acids is 1. The Balaban J connectivity index is 1.63. The first-order valence-electron chi connectivity index (χ1n) is 7.40. The van der Waals surface area contributed by atoms with Crippen molar-refractivity contribution in [2.24, 2.45) is 0 Å². The molecule has 7 heteroatoms. The molecule has 0 bridgehead atoms. The van der Waals surface area contributed by atoms with Gasteiger partial charge in [0.05, 0.1) is 12.8 Å². The molecule has 0 saturated carbocycles. The molecular formula is C18H15N3O4. The molecule has 0 aliphatic rings. The predicted octanol–water partition coefficient (Wildman–Crippen LogP) is 3.47. The van der Waals surface area contributed by atoms with Crippen molar-refractivity contribution in [3.63, 3.8) is 0 Å². The summed E-state index contributed by atoms with van der Waals surface area (Å²) >= 11 is 0. The van der Waals surface area contributed by atoms with Crippen molar-refractivity contribution in [1.29, 1.82) is 0 Å². The topological polar surface area (TPSA) is 93.6 Å². The number of hydrogen-bond acceptors (Lipinski definition) is 6. The number of nitrogens with zero attached hydrogens (tertiary/aromatic N) is 2. The summed E-state index contributed by atoms with van der Waals surface area (Å²) in [4.78, 5) is 11.8. The molecule has 1 heterocycles. The van der Waals surface area contributed by atoms with Crippen LogP contribution in [-0.4, -0.2) is 28.5 Å². The molecule has 7 nitrogen and oxygen atoms in total. The normalized spacial score (nSPS) is 10.1. The lowest BCUT2D eigenvalue weighted by molar-refractivity contribution is 0.215. The maximum absolute atomic E-state index is 11.8. The number of aromatic hydroxyl groups is 1. The zero-order valence-electron chi connectivity index (χ0n) is 13.3. The predicted molar refractivity (Wildman–Crippen MR) is 91.8 cm³/mol. The smallest absolute Gasteiger partial charge is 0.418 e. The molecule has 0 radical (unpaired) electrons. The van der Waals surface area contributed by atoms with E-state index in [1.165, 1.54) is 24.3 Å². The summed E-state index contributed by atoms with van der Waals surface area (Å²) in [6.07, 6.45) is -0.697. The van der Waals surface area contributed by atoms with E-state index in [9.17, 15) is 9.90 Å². The Kier molecular flexibility index (Phi) is 4.75. The molecule has 0 spiro atoms. The van der Waals surface area contributed by atoms with Gasteiger partial charge in [-0.1, -0.05) is 0 Å². The fourth-order valence-electron chi connectivity index (χ4n) is 2.07. The van der Waals surface area contributed by atoms with Gasteiger partial charge < -0.3 is 14.6 Å². The van der Waals surface area contributed by atoms with Crippen LogP contribution in [0.15, 0.2) is 60.7 Å². The molecular weight excluding hydrogens is 322 g/mol. The lowest BCUT2D eigenvalue weighted by Gasteiger charge is -2.06. The standard InChI is InChI=1S/C18H15N3O4/c1-24-14-6-2-12(3-7-14)16-10-11-17(21-20-16)19-18(23)25-15-8-4-13(22)5-9-15/h2-11,22H,1H3,(H,19,21,23). The van der Waals surface area contributed by atoms with Crippen molar-refractivity contribution in [3.05, 3.63) is 60.7 Å². The number of anilines is 1. The number of phenols is 1. The van der Waals surface area contributed by atoms with Gasteiger partial charge in [-0.05, 0) is 60.7 Å². The van der Waals surface area contributed by atoms with Crippen LogP contribution in [-0.2, 0) is 0 Å². The monoisotopic (exact) mass is 337 g/mol.